The van der Waals surface area contributed by atoms with E-state index in [1.165, 1.54) is 6.20 Å². The maximum Gasteiger partial charge on any atom is 0.260 e. The minimum Gasteiger partial charge on any atom is -0.399 e. The Bertz CT molecular complexity index is 1050. The number of primary amides is 1. The van der Waals surface area contributed by atoms with Crippen molar-refractivity contribution in [3.63, 3.8) is 0 Å². The van der Waals surface area contributed by atoms with E-state index >= 15 is 0 Å². The molecule has 0 bridgehead atoms. The van der Waals surface area contributed by atoms with E-state index in [-0.39, 0.29) is 5.91 Å². The van der Waals surface area contributed by atoms with Gasteiger partial charge >= 0.3 is 0 Å². The van der Waals surface area contributed by atoms with Crippen molar-refractivity contribution in [2.75, 3.05) is 28.2 Å². The van der Waals surface area contributed by atoms with E-state index in [4.69, 9.17) is 11.5 Å². The molecule has 0 unspecified atom stereocenters. The van der Waals surface area contributed by atoms with Gasteiger partial charge in [-0.05, 0) is 48.9 Å². The van der Waals surface area contributed by atoms with Gasteiger partial charge in [0.15, 0.2) is 0 Å². The fourth-order valence-corrected chi connectivity index (χ4v) is 2.65. The van der Waals surface area contributed by atoms with E-state index in [9.17, 15) is 9.59 Å². The molecule has 2 amide bonds. The number of nitrogen functional groups attached to an aromatic ring is 1. The highest BCUT2D eigenvalue weighted by Gasteiger charge is 2.15. The van der Waals surface area contributed by atoms with Gasteiger partial charge in [-0.3, -0.25) is 9.59 Å². The minimum absolute atomic E-state index is 0.306. The molecule has 0 saturated heterocycles. The summed E-state index contributed by atoms with van der Waals surface area (Å²) in [6.07, 6.45) is 2.31. The van der Waals surface area contributed by atoms with Gasteiger partial charge in [-0.15, -0.1) is 0 Å². The van der Waals surface area contributed by atoms with Crippen LogP contribution in [-0.4, -0.2) is 28.3 Å². The normalized spacial score (nSPS) is 10.3. The summed E-state index contributed by atoms with van der Waals surface area (Å²) in [5, 5.41) is 9.00. The lowest BCUT2D eigenvalue weighted by Gasteiger charge is -2.13. The molecule has 0 aliphatic carbocycles. The first kappa shape index (κ1) is 20.6. The van der Waals surface area contributed by atoms with Crippen LogP contribution >= 0.6 is 0 Å². The van der Waals surface area contributed by atoms with Crippen molar-refractivity contribution < 1.29 is 9.59 Å². The van der Waals surface area contributed by atoms with E-state index < -0.39 is 5.91 Å². The van der Waals surface area contributed by atoms with Crippen LogP contribution in [0, 0.1) is 0 Å². The summed E-state index contributed by atoms with van der Waals surface area (Å²) < 4.78 is 0. The molecule has 30 heavy (non-hydrogen) atoms. The van der Waals surface area contributed by atoms with Crippen LogP contribution in [0.15, 0.2) is 54.7 Å². The molecule has 1 heterocycles. The summed E-state index contributed by atoms with van der Waals surface area (Å²) >= 11 is 0. The molecule has 0 spiro atoms. The van der Waals surface area contributed by atoms with Crippen molar-refractivity contribution >= 4 is 40.6 Å². The number of anilines is 5. The van der Waals surface area contributed by atoms with Crippen LogP contribution in [0.25, 0.3) is 0 Å². The van der Waals surface area contributed by atoms with E-state index in [1.54, 1.807) is 48.5 Å². The van der Waals surface area contributed by atoms with Gasteiger partial charge in [0.25, 0.3) is 5.91 Å². The van der Waals surface area contributed by atoms with Crippen LogP contribution in [0.3, 0.4) is 0 Å². The highest BCUT2D eigenvalue weighted by Crippen LogP contribution is 2.20. The average Bonchev–Trinajstić information content (AvgIpc) is 2.72. The number of hydrogen-bond acceptors (Lipinski definition) is 7. The molecule has 0 aliphatic heterocycles. The second kappa shape index (κ2) is 9.37. The van der Waals surface area contributed by atoms with E-state index in [0.717, 1.165) is 6.42 Å². The van der Waals surface area contributed by atoms with Crippen LogP contribution in [0.2, 0.25) is 0 Å². The third kappa shape index (κ3) is 5.22. The Kier molecular flexibility index (Phi) is 6.43. The van der Waals surface area contributed by atoms with E-state index in [2.05, 4.69) is 25.9 Å². The molecule has 0 atom stereocenters. The summed E-state index contributed by atoms with van der Waals surface area (Å²) in [7, 11) is 0. The first-order chi connectivity index (χ1) is 14.5. The number of amides is 2. The molecule has 7 N–H and O–H groups in total. The number of nitrogens with one attached hydrogen (secondary N) is 3. The molecule has 154 valence electrons. The molecular formula is C21H23N7O2. The lowest BCUT2D eigenvalue weighted by Crippen LogP contribution is -2.17. The molecule has 1 aromatic heterocycles. The Balaban J connectivity index is 1.81. The van der Waals surface area contributed by atoms with Crippen molar-refractivity contribution in [1.29, 1.82) is 0 Å². The summed E-state index contributed by atoms with van der Waals surface area (Å²) in [5.74, 6) is -0.138. The molecule has 2 aromatic carbocycles. The monoisotopic (exact) mass is 405 g/mol. The lowest BCUT2D eigenvalue weighted by molar-refractivity contribution is 0.0997. The summed E-state index contributed by atoms with van der Waals surface area (Å²) in [5.41, 5.74) is 13.5. The highest BCUT2D eigenvalue weighted by molar-refractivity contribution is 6.07. The summed E-state index contributed by atoms with van der Waals surface area (Å²) in [6.45, 7) is 2.66. The van der Waals surface area contributed by atoms with Crippen molar-refractivity contribution in [2.45, 2.75) is 13.3 Å². The first-order valence-corrected chi connectivity index (χ1v) is 9.41. The third-order valence-corrected chi connectivity index (χ3v) is 4.15. The molecule has 0 fully saturated rings. The predicted molar refractivity (Wildman–Crippen MR) is 118 cm³/mol. The standard InChI is InChI=1S/C21H23N7O2/c1-2-10-24-19-17(20(30)26-16-5-3-4-14(22)11-16)12-25-21(28-19)27-15-8-6-13(7-9-15)18(23)29/h3-9,11-12H,2,10,22H2,1H3,(H2,23,29)(H,26,30)(H2,24,25,27,28). The Labute approximate surface area is 173 Å². The van der Waals surface area contributed by atoms with Gasteiger partial charge in [0, 0.05) is 35.4 Å². The second-order valence-corrected chi connectivity index (χ2v) is 6.53. The zero-order valence-electron chi connectivity index (χ0n) is 16.5. The number of aromatic nitrogens is 2. The quantitative estimate of drug-likeness (QED) is 0.362. The SMILES string of the molecule is CCCNc1nc(Nc2ccc(C(N)=O)cc2)ncc1C(=O)Nc1cccc(N)c1. The molecular weight excluding hydrogens is 382 g/mol. The van der Waals surface area contributed by atoms with Crippen LogP contribution in [0.5, 0.6) is 0 Å². The molecule has 0 aliphatic rings. The number of carbonyl (C=O) groups is 2. The van der Waals surface area contributed by atoms with Gasteiger partial charge in [0.05, 0.1) is 0 Å². The molecule has 9 nitrogen and oxygen atoms in total. The van der Waals surface area contributed by atoms with Gasteiger partial charge in [0.2, 0.25) is 11.9 Å². The van der Waals surface area contributed by atoms with E-state index in [1.807, 2.05) is 6.92 Å². The smallest absolute Gasteiger partial charge is 0.260 e. The molecule has 3 rings (SSSR count). The molecule has 0 radical (unpaired) electrons. The lowest BCUT2D eigenvalue weighted by atomic mass is 10.2. The number of nitrogens with zero attached hydrogens (tertiary/aromatic N) is 2. The Hall–Kier alpha value is -4.14. The van der Waals surface area contributed by atoms with Crippen molar-refractivity contribution in [3.8, 4) is 0 Å². The molecule has 3 aromatic rings. The van der Waals surface area contributed by atoms with Crippen molar-refractivity contribution in [3.05, 3.63) is 65.9 Å². The van der Waals surface area contributed by atoms with Crippen LogP contribution in [0.4, 0.5) is 28.8 Å². The zero-order chi connectivity index (χ0) is 21.5. The van der Waals surface area contributed by atoms with Gasteiger partial charge in [-0.1, -0.05) is 13.0 Å². The number of benzene rings is 2. The topological polar surface area (TPSA) is 148 Å². The van der Waals surface area contributed by atoms with Gasteiger partial charge in [0.1, 0.15) is 11.4 Å². The maximum atomic E-state index is 12.7. The largest absolute Gasteiger partial charge is 0.399 e. The third-order valence-electron chi connectivity index (χ3n) is 4.15. The van der Waals surface area contributed by atoms with E-state index in [0.29, 0.717) is 46.5 Å². The van der Waals surface area contributed by atoms with Crippen molar-refractivity contribution in [1.82, 2.24) is 9.97 Å². The minimum atomic E-state index is -0.501. The number of hydrogen-bond donors (Lipinski definition) is 5. The predicted octanol–water partition coefficient (Wildman–Crippen LogP) is 2.98. The second-order valence-electron chi connectivity index (χ2n) is 6.53. The van der Waals surface area contributed by atoms with Gasteiger partial charge < -0.3 is 27.4 Å². The molecule has 9 heteroatoms. The summed E-state index contributed by atoms with van der Waals surface area (Å²) in [4.78, 5) is 32.6. The van der Waals surface area contributed by atoms with Gasteiger partial charge in [-0.25, -0.2) is 4.98 Å². The van der Waals surface area contributed by atoms with Crippen LogP contribution in [0.1, 0.15) is 34.1 Å². The highest BCUT2D eigenvalue weighted by atomic mass is 16.2. The van der Waals surface area contributed by atoms with Crippen LogP contribution < -0.4 is 27.4 Å². The Morgan fingerprint density at radius 2 is 1.83 bits per heavy atom. The first-order valence-electron chi connectivity index (χ1n) is 9.41. The van der Waals surface area contributed by atoms with Gasteiger partial charge in [-0.2, -0.15) is 4.98 Å². The number of nitrogens with two attached hydrogens (primary N) is 2. The fourth-order valence-electron chi connectivity index (χ4n) is 2.65. The maximum absolute atomic E-state index is 12.7. The summed E-state index contributed by atoms with van der Waals surface area (Å²) in [6, 6.07) is 13.5. The van der Waals surface area contributed by atoms with Crippen molar-refractivity contribution in [2.24, 2.45) is 5.73 Å². The Morgan fingerprint density at radius 3 is 2.50 bits per heavy atom. The Morgan fingerprint density at radius 1 is 1.07 bits per heavy atom. The zero-order valence-corrected chi connectivity index (χ0v) is 16.5. The fraction of sp³-hybridized carbons (Fsp3) is 0.143. The van der Waals surface area contributed by atoms with Crippen LogP contribution in [-0.2, 0) is 0 Å². The molecule has 0 saturated carbocycles. The number of rotatable bonds is 8. The number of carbonyl (C=O) groups excluding carboxylic acids is 2. The average molecular weight is 405 g/mol.